The molecule has 9 heteroatoms. The maximum absolute atomic E-state index is 13.0. The molecule has 0 aliphatic carbocycles. The van der Waals surface area contributed by atoms with E-state index in [0.717, 1.165) is 0 Å². The summed E-state index contributed by atoms with van der Waals surface area (Å²) in [5.41, 5.74) is -1.49. The highest BCUT2D eigenvalue weighted by Gasteiger charge is 2.44. The van der Waals surface area contributed by atoms with Gasteiger partial charge in [-0.1, -0.05) is 0 Å². The van der Waals surface area contributed by atoms with Crippen LogP contribution in [0.4, 0.5) is 22.0 Å². The molecule has 0 aromatic heterocycles. The molecule has 0 aliphatic rings. The van der Waals surface area contributed by atoms with Crippen molar-refractivity contribution < 1.29 is 36.3 Å². The molecule has 0 fully saturated rings. The van der Waals surface area contributed by atoms with Gasteiger partial charge >= 0.3 is 8.80 Å². The Bertz CT molecular complexity index is 419. The van der Waals surface area contributed by atoms with Crippen LogP contribution in [0.1, 0.15) is 11.4 Å². The fourth-order valence-electron chi connectivity index (χ4n) is 0.984. The predicted molar refractivity (Wildman–Crippen MR) is 42.5 cm³/mol. The van der Waals surface area contributed by atoms with Crippen molar-refractivity contribution >= 4 is 8.80 Å². The van der Waals surface area contributed by atoms with Gasteiger partial charge in [-0.25, -0.2) is 22.0 Å². The van der Waals surface area contributed by atoms with Crippen LogP contribution >= 0.6 is 0 Å². The molecule has 1 atom stereocenters. The second kappa shape index (κ2) is 4.09. The standard InChI is InChI=1S/C7H5F5O3Si/c8-3-1-2(7(12)16(13,14)15)4(9)6(11)5(3)10/h1,7,13-15H. The summed E-state index contributed by atoms with van der Waals surface area (Å²) in [5.74, 6) is -11.6. The molecule has 3 N–H and O–H groups in total. The van der Waals surface area contributed by atoms with E-state index in [2.05, 4.69) is 0 Å². The first-order chi connectivity index (χ1) is 7.16. The normalized spacial score (nSPS) is 14.0. The zero-order chi connectivity index (χ0) is 12.7. The van der Waals surface area contributed by atoms with E-state index in [1.54, 1.807) is 0 Å². The van der Waals surface area contributed by atoms with Crippen molar-refractivity contribution in [2.24, 2.45) is 0 Å². The highest BCUT2D eigenvalue weighted by molar-refractivity contribution is 6.57. The Kier molecular flexibility index (Phi) is 3.33. The van der Waals surface area contributed by atoms with Crippen molar-refractivity contribution in [1.82, 2.24) is 0 Å². The summed E-state index contributed by atoms with van der Waals surface area (Å²) in [6, 6.07) is -0.0944. The lowest BCUT2D eigenvalue weighted by molar-refractivity contribution is 0.168. The molecule has 1 aromatic carbocycles. The molecule has 0 radical (unpaired) electrons. The number of benzene rings is 1. The van der Waals surface area contributed by atoms with Gasteiger partial charge in [0.15, 0.2) is 29.1 Å². The number of rotatable bonds is 2. The SMILES string of the molecule is O[Si](O)(O)C(F)c1cc(F)c(F)c(F)c1F. The lowest BCUT2D eigenvalue weighted by Crippen LogP contribution is -2.41. The van der Waals surface area contributed by atoms with Gasteiger partial charge in [0.2, 0.25) is 0 Å². The largest absolute Gasteiger partial charge is 0.533 e. The highest BCUT2D eigenvalue weighted by Crippen LogP contribution is 2.29. The van der Waals surface area contributed by atoms with Crippen LogP contribution in [0.2, 0.25) is 0 Å². The second-order valence-corrected chi connectivity index (χ2v) is 4.82. The molecule has 1 unspecified atom stereocenters. The predicted octanol–water partition coefficient (Wildman–Crippen LogP) is 0.709. The first-order valence-corrected chi connectivity index (χ1v) is 5.72. The molecule has 1 rings (SSSR count). The third-order valence-corrected chi connectivity index (χ3v) is 2.73. The minimum Gasteiger partial charge on any atom is -0.388 e. The molecule has 0 saturated carbocycles. The Morgan fingerprint density at radius 3 is 1.88 bits per heavy atom. The summed E-state index contributed by atoms with van der Waals surface area (Å²) in [5, 5.41) is 0. The van der Waals surface area contributed by atoms with Crippen LogP contribution in [-0.2, 0) is 0 Å². The topological polar surface area (TPSA) is 60.7 Å². The van der Waals surface area contributed by atoms with E-state index >= 15 is 0 Å². The molecule has 1 aromatic rings. The minimum atomic E-state index is -5.46. The average Bonchev–Trinajstić information content (AvgIpc) is 2.18. The molecule has 16 heavy (non-hydrogen) atoms. The van der Waals surface area contributed by atoms with E-state index < -0.39 is 43.4 Å². The lowest BCUT2D eigenvalue weighted by Gasteiger charge is -2.16. The maximum Gasteiger partial charge on any atom is 0.533 e. The first kappa shape index (κ1) is 13.0. The van der Waals surface area contributed by atoms with Gasteiger partial charge < -0.3 is 14.4 Å². The van der Waals surface area contributed by atoms with Gasteiger partial charge in [-0.05, 0) is 6.07 Å². The Hall–Kier alpha value is -1.03. The lowest BCUT2D eigenvalue weighted by atomic mass is 10.2. The quantitative estimate of drug-likeness (QED) is 0.317. The van der Waals surface area contributed by atoms with E-state index in [0.29, 0.717) is 0 Å². The first-order valence-electron chi connectivity index (χ1n) is 3.80. The smallest absolute Gasteiger partial charge is 0.388 e. The monoisotopic (exact) mass is 260 g/mol. The molecule has 0 aliphatic heterocycles. The molecule has 90 valence electrons. The van der Waals surface area contributed by atoms with Crippen LogP contribution in [0.25, 0.3) is 0 Å². The summed E-state index contributed by atoms with van der Waals surface area (Å²) in [4.78, 5) is 25.5. The van der Waals surface area contributed by atoms with Gasteiger partial charge in [0.1, 0.15) is 0 Å². The summed E-state index contributed by atoms with van der Waals surface area (Å²) in [6.45, 7) is 0. The van der Waals surface area contributed by atoms with Crippen molar-refractivity contribution in [3.05, 3.63) is 34.9 Å². The van der Waals surface area contributed by atoms with Crippen molar-refractivity contribution in [2.75, 3.05) is 0 Å². The van der Waals surface area contributed by atoms with Gasteiger partial charge in [0, 0.05) is 5.56 Å². The molecule has 0 saturated heterocycles. The van der Waals surface area contributed by atoms with Crippen molar-refractivity contribution in [3.8, 4) is 0 Å². The van der Waals surface area contributed by atoms with Crippen molar-refractivity contribution in [3.63, 3.8) is 0 Å². The second-order valence-electron chi connectivity index (χ2n) is 2.94. The van der Waals surface area contributed by atoms with E-state index in [9.17, 15) is 22.0 Å². The van der Waals surface area contributed by atoms with Crippen LogP contribution < -0.4 is 0 Å². The Morgan fingerprint density at radius 1 is 0.938 bits per heavy atom. The molecule has 0 heterocycles. The van der Waals surface area contributed by atoms with E-state index in [1.165, 1.54) is 0 Å². The van der Waals surface area contributed by atoms with Crippen LogP contribution in [-0.4, -0.2) is 23.2 Å². The summed E-state index contributed by atoms with van der Waals surface area (Å²) >= 11 is 0. The van der Waals surface area contributed by atoms with Crippen LogP contribution in [0.3, 0.4) is 0 Å². The van der Waals surface area contributed by atoms with Crippen LogP contribution in [0.5, 0.6) is 0 Å². The molecular formula is C7H5F5O3Si. The zero-order valence-electron chi connectivity index (χ0n) is 7.39. The van der Waals surface area contributed by atoms with Crippen LogP contribution in [0, 0.1) is 23.3 Å². The van der Waals surface area contributed by atoms with Gasteiger partial charge in [-0.15, -0.1) is 0 Å². The molecule has 0 spiro atoms. The van der Waals surface area contributed by atoms with E-state index in [1.807, 2.05) is 0 Å². The molecular weight excluding hydrogens is 255 g/mol. The summed E-state index contributed by atoms with van der Waals surface area (Å²) in [6.07, 6.45) is 0. The van der Waals surface area contributed by atoms with Crippen molar-refractivity contribution in [1.29, 1.82) is 0 Å². The van der Waals surface area contributed by atoms with Gasteiger partial charge in [0.05, 0.1) is 0 Å². The molecule has 0 amide bonds. The Balaban J connectivity index is 3.36. The van der Waals surface area contributed by atoms with E-state index in [-0.39, 0.29) is 6.07 Å². The average molecular weight is 260 g/mol. The zero-order valence-corrected chi connectivity index (χ0v) is 8.39. The number of alkyl halides is 1. The fourth-order valence-corrected chi connectivity index (χ4v) is 1.61. The summed E-state index contributed by atoms with van der Waals surface area (Å²) < 4.78 is 63.5. The minimum absolute atomic E-state index is 0.0944. The third-order valence-electron chi connectivity index (χ3n) is 1.74. The Morgan fingerprint density at radius 2 is 1.44 bits per heavy atom. The van der Waals surface area contributed by atoms with Gasteiger partial charge in [-0.2, -0.15) is 0 Å². The number of hydrogen-bond acceptors (Lipinski definition) is 3. The summed E-state index contributed by atoms with van der Waals surface area (Å²) in [7, 11) is -5.46. The maximum atomic E-state index is 13.0. The van der Waals surface area contributed by atoms with Gasteiger partial charge in [0.25, 0.3) is 0 Å². The molecule has 3 nitrogen and oxygen atoms in total. The number of halogens is 5. The molecule has 0 bridgehead atoms. The van der Waals surface area contributed by atoms with Gasteiger partial charge in [-0.3, -0.25) is 0 Å². The highest BCUT2D eigenvalue weighted by atomic mass is 28.4. The fraction of sp³-hybridized carbons (Fsp3) is 0.143. The third kappa shape index (κ3) is 2.21. The van der Waals surface area contributed by atoms with Crippen LogP contribution in [0.15, 0.2) is 6.07 Å². The Labute approximate surface area is 86.8 Å². The van der Waals surface area contributed by atoms with Crippen molar-refractivity contribution in [2.45, 2.75) is 5.79 Å². The number of hydrogen-bond donors (Lipinski definition) is 3. The van der Waals surface area contributed by atoms with E-state index in [4.69, 9.17) is 14.4 Å².